The molecule has 1 saturated carbocycles. The Labute approximate surface area is 131 Å². The molecule has 0 unspecified atom stereocenters. The highest BCUT2D eigenvalue weighted by Gasteiger charge is 2.17. The zero-order chi connectivity index (χ0) is 15.5. The fourth-order valence-corrected chi connectivity index (χ4v) is 3.13. The van der Waals surface area contributed by atoms with Crippen LogP contribution in [-0.4, -0.2) is 10.9 Å². The minimum absolute atomic E-state index is 0.106. The molecule has 1 aromatic heterocycles. The molecular weight excluding hydrogens is 276 g/mol. The summed E-state index contributed by atoms with van der Waals surface area (Å²) in [6.07, 6.45) is 6.85. The van der Waals surface area contributed by atoms with E-state index in [1.807, 2.05) is 18.2 Å². The maximum Gasteiger partial charge on any atom is 0.224 e. The monoisotopic (exact) mass is 300 g/mol. The largest absolute Gasteiger partial charge is 0.440 e. The summed E-state index contributed by atoms with van der Waals surface area (Å²) in [5, 5.41) is 2.99. The number of oxazole rings is 1. The Morgan fingerprint density at radius 3 is 2.82 bits per heavy atom. The number of rotatable bonds is 4. The van der Waals surface area contributed by atoms with Crippen LogP contribution in [0.3, 0.4) is 0 Å². The van der Waals surface area contributed by atoms with Gasteiger partial charge in [-0.3, -0.25) is 4.79 Å². The Kier molecular flexibility index (Phi) is 4.46. The van der Waals surface area contributed by atoms with Crippen molar-refractivity contribution in [3.05, 3.63) is 24.1 Å². The first kappa shape index (κ1) is 15.1. The minimum atomic E-state index is 0.106. The normalized spacial score (nSPS) is 16.3. The van der Waals surface area contributed by atoms with E-state index in [9.17, 15) is 4.79 Å². The minimum Gasteiger partial charge on any atom is -0.440 e. The van der Waals surface area contributed by atoms with Crippen LogP contribution >= 0.6 is 0 Å². The van der Waals surface area contributed by atoms with Crippen molar-refractivity contribution in [1.82, 2.24) is 4.98 Å². The Balaban J connectivity index is 1.66. The molecule has 1 aromatic carbocycles. The maximum atomic E-state index is 12.2. The van der Waals surface area contributed by atoms with Gasteiger partial charge in [0.2, 0.25) is 5.91 Å². The molecule has 4 nitrogen and oxygen atoms in total. The van der Waals surface area contributed by atoms with Gasteiger partial charge in [0.1, 0.15) is 5.52 Å². The molecule has 1 aliphatic carbocycles. The fraction of sp³-hybridized carbons (Fsp3) is 0.556. The summed E-state index contributed by atoms with van der Waals surface area (Å²) in [4.78, 5) is 16.6. The second kappa shape index (κ2) is 6.51. The van der Waals surface area contributed by atoms with Crippen LogP contribution in [0.2, 0.25) is 0 Å². The van der Waals surface area contributed by atoms with E-state index in [0.717, 1.165) is 22.7 Å². The van der Waals surface area contributed by atoms with Crippen molar-refractivity contribution in [2.24, 2.45) is 5.92 Å². The quantitative estimate of drug-likeness (QED) is 0.877. The van der Waals surface area contributed by atoms with Gasteiger partial charge in [-0.05, 0) is 30.9 Å². The second-order valence-electron chi connectivity index (χ2n) is 6.65. The molecule has 0 atom stereocenters. The second-order valence-corrected chi connectivity index (χ2v) is 6.65. The average molecular weight is 300 g/mol. The van der Waals surface area contributed by atoms with Crippen molar-refractivity contribution in [3.8, 4) is 0 Å². The molecule has 1 aliphatic rings. The predicted octanol–water partition coefficient (Wildman–Crippen LogP) is 4.86. The van der Waals surface area contributed by atoms with Crippen molar-refractivity contribution >= 4 is 22.7 Å². The molecule has 4 heteroatoms. The van der Waals surface area contributed by atoms with Crippen LogP contribution in [0.5, 0.6) is 0 Å². The molecular formula is C18H24N2O2. The number of hydrogen-bond donors (Lipinski definition) is 1. The zero-order valence-corrected chi connectivity index (χ0v) is 13.4. The highest BCUT2D eigenvalue weighted by atomic mass is 16.3. The van der Waals surface area contributed by atoms with Gasteiger partial charge in [0.05, 0.1) is 0 Å². The Bertz CT molecular complexity index is 654. The van der Waals surface area contributed by atoms with Crippen LogP contribution in [0.25, 0.3) is 11.1 Å². The summed E-state index contributed by atoms with van der Waals surface area (Å²) in [6, 6.07) is 5.67. The lowest BCUT2D eigenvalue weighted by atomic mass is 9.87. The molecule has 1 fully saturated rings. The van der Waals surface area contributed by atoms with Crippen molar-refractivity contribution < 1.29 is 9.21 Å². The van der Waals surface area contributed by atoms with E-state index in [0.29, 0.717) is 12.3 Å². The van der Waals surface area contributed by atoms with Crippen LogP contribution in [0, 0.1) is 5.92 Å². The number of anilines is 1. The van der Waals surface area contributed by atoms with Crippen molar-refractivity contribution in [1.29, 1.82) is 0 Å². The van der Waals surface area contributed by atoms with Gasteiger partial charge < -0.3 is 9.73 Å². The van der Waals surface area contributed by atoms with Crippen molar-refractivity contribution in [2.45, 2.75) is 58.3 Å². The van der Waals surface area contributed by atoms with Crippen LogP contribution < -0.4 is 5.32 Å². The van der Waals surface area contributed by atoms with E-state index in [1.165, 1.54) is 32.1 Å². The third-order valence-electron chi connectivity index (χ3n) is 4.38. The standard InChI is InChI=1S/C18H24N2O2/c1-12(2)18-20-15-9-8-14(11-16(15)22-18)19-17(21)10-13-6-4-3-5-7-13/h8-9,11-13H,3-7,10H2,1-2H3,(H,19,21). The lowest BCUT2D eigenvalue weighted by Gasteiger charge is -2.20. The van der Waals surface area contributed by atoms with Crippen LogP contribution in [0.1, 0.15) is 64.2 Å². The lowest BCUT2D eigenvalue weighted by Crippen LogP contribution is -2.18. The number of nitrogens with one attached hydrogen (secondary N) is 1. The zero-order valence-electron chi connectivity index (χ0n) is 13.4. The van der Waals surface area contributed by atoms with E-state index in [4.69, 9.17) is 4.42 Å². The molecule has 1 N–H and O–H groups in total. The van der Waals surface area contributed by atoms with E-state index >= 15 is 0 Å². The van der Waals surface area contributed by atoms with Crippen LogP contribution in [-0.2, 0) is 4.79 Å². The van der Waals surface area contributed by atoms with E-state index in [2.05, 4.69) is 24.1 Å². The molecule has 0 spiro atoms. The molecule has 2 aromatic rings. The molecule has 3 rings (SSSR count). The van der Waals surface area contributed by atoms with Gasteiger partial charge in [0.25, 0.3) is 0 Å². The van der Waals surface area contributed by atoms with Gasteiger partial charge in [-0.15, -0.1) is 0 Å². The summed E-state index contributed by atoms with van der Waals surface area (Å²) in [7, 11) is 0. The molecule has 0 bridgehead atoms. The van der Waals surface area contributed by atoms with E-state index in [1.54, 1.807) is 0 Å². The number of aromatic nitrogens is 1. The van der Waals surface area contributed by atoms with E-state index < -0.39 is 0 Å². The third-order valence-corrected chi connectivity index (χ3v) is 4.38. The van der Waals surface area contributed by atoms with Gasteiger partial charge in [0, 0.05) is 24.1 Å². The van der Waals surface area contributed by atoms with Crippen molar-refractivity contribution in [3.63, 3.8) is 0 Å². The van der Waals surface area contributed by atoms with E-state index in [-0.39, 0.29) is 11.8 Å². The third kappa shape index (κ3) is 3.49. The number of carbonyl (C=O) groups is 1. The van der Waals surface area contributed by atoms with Gasteiger partial charge in [-0.1, -0.05) is 33.1 Å². The molecule has 0 radical (unpaired) electrons. The summed E-state index contributed by atoms with van der Waals surface area (Å²) < 4.78 is 5.74. The highest BCUT2D eigenvalue weighted by Crippen LogP contribution is 2.27. The Morgan fingerprint density at radius 2 is 2.09 bits per heavy atom. The van der Waals surface area contributed by atoms with Gasteiger partial charge >= 0.3 is 0 Å². The number of carbonyl (C=O) groups excluding carboxylic acids is 1. The summed E-state index contributed by atoms with van der Waals surface area (Å²) in [5.41, 5.74) is 2.37. The first-order valence-electron chi connectivity index (χ1n) is 8.32. The van der Waals surface area contributed by atoms with Crippen LogP contribution in [0.4, 0.5) is 5.69 Å². The average Bonchev–Trinajstić information content (AvgIpc) is 2.91. The van der Waals surface area contributed by atoms with Crippen molar-refractivity contribution in [2.75, 3.05) is 5.32 Å². The first-order chi connectivity index (χ1) is 10.6. The maximum absolute atomic E-state index is 12.2. The van der Waals surface area contributed by atoms with Gasteiger partial charge in [-0.25, -0.2) is 4.98 Å². The first-order valence-corrected chi connectivity index (χ1v) is 8.32. The molecule has 118 valence electrons. The van der Waals surface area contributed by atoms with Gasteiger partial charge in [-0.2, -0.15) is 0 Å². The summed E-state index contributed by atoms with van der Waals surface area (Å²) in [5.74, 6) is 1.66. The fourth-order valence-electron chi connectivity index (χ4n) is 3.13. The van der Waals surface area contributed by atoms with Gasteiger partial charge in [0.15, 0.2) is 11.5 Å². The number of nitrogens with zero attached hydrogens (tertiary/aromatic N) is 1. The molecule has 22 heavy (non-hydrogen) atoms. The van der Waals surface area contributed by atoms with Crippen LogP contribution in [0.15, 0.2) is 22.6 Å². The topological polar surface area (TPSA) is 55.1 Å². The smallest absolute Gasteiger partial charge is 0.224 e. The Morgan fingerprint density at radius 1 is 1.32 bits per heavy atom. The predicted molar refractivity (Wildman–Crippen MR) is 87.9 cm³/mol. The number of benzene rings is 1. The molecule has 0 saturated heterocycles. The SMILES string of the molecule is CC(C)c1nc2ccc(NC(=O)CC3CCCCC3)cc2o1. The highest BCUT2D eigenvalue weighted by molar-refractivity contribution is 5.92. The number of fused-ring (bicyclic) bond motifs is 1. The molecule has 1 heterocycles. The summed E-state index contributed by atoms with van der Waals surface area (Å²) in [6.45, 7) is 4.11. The number of hydrogen-bond acceptors (Lipinski definition) is 3. The lowest BCUT2D eigenvalue weighted by molar-refractivity contribution is -0.117. The number of amides is 1. The Hall–Kier alpha value is -1.84. The molecule has 0 aliphatic heterocycles. The molecule has 1 amide bonds. The summed E-state index contributed by atoms with van der Waals surface area (Å²) >= 11 is 0.